The minimum atomic E-state index is -0.321. The van der Waals surface area contributed by atoms with Crippen LogP contribution in [-0.4, -0.2) is 32.9 Å². The van der Waals surface area contributed by atoms with Crippen LogP contribution in [0.5, 0.6) is 0 Å². The fraction of sp³-hybridized carbons (Fsp3) is 0.500. The average Bonchev–Trinajstić information content (AvgIpc) is 2.51. The van der Waals surface area contributed by atoms with Gasteiger partial charge in [0.15, 0.2) is 0 Å². The molecule has 23 heavy (non-hydrogen) atoms. The molecule has 2 aromatic heterocycles. The first-order valence-electron chi connectivity index (χ1n) is 7.83. The van der Waals surface area contributed by atoms with Crippen molar-refractivity contribution in [1.29, 1.82) is 0 Å². The van der Waals surface area contributed by atoms with E-state index in [9.17, 15) is 4.79 Å². The average molecular weight is 316 g/mol. The summed E-state index contributed by atoms with van der Waals surface area (Å²) >= 11 is 0. The number of nitrogens with zero attached hydrogens (tertiary/aromatic N) is 3. The van der Waals surface area contributed by atoms with Crippen molar-refractivity contribution in [2.75, 3.05) is 17.6 Å². The summed E-state index contributed by atoms with van der Waals surface area (Å²) in [5, 5.41) is 7.21. The van der Waals surface area contributed by atoms with Crippen molar-refractivity contribution in [1.82, 2.24) is 20.3 Å². The van der Waals surface area contributed by atoms with Gasteiger partial charge < -0.3 is 16.4 Å². The number of nitrogens with two attached hydrogens (primary N) is 1. The Hall–Kier alpha value is -2.44. The van der Waals surface area contributed by atoms with Gasteiger partial charge in [-0.2, -0.15) is 4.98 Å². The van der Waals surface area contributed by atoms with Crippen LogP contribution in [0.2, 0.25) is 0 Å². The molecule has 0 unspecified atom stereocenters. The molecule has 124 valence electrons. The van der Waals surface area contributed by atoms with E-state index in [0.717, 1.165) is 24.6 Å². The molecule has 0 bridgehead atoms. The Bertz CT molecular complexity index is 689. The molecule has 2 rings (SSSR count). The van der Waals surface area contributed by atoms with E-state index in [1.807, 2.05) is 6.07 Å². The van der Waals surface area contributed by atoms with Crippen molar-refractivity contribution in [3.8, 4) is 0 Å². The van der Waals surface area contributed by atoms with Crippen LogP contribution in [0, 0.1) is 0 Å². The van der Waals surface area contributed by atoms with Gasteiger partial charge in [-0.15, -0.1) is 0 Å². The molecule has 1 amide bonds. The van der Waals surface area contributed by atoms with Crippen LogP contribution < -0.4 is 16.4 Å². The number of hydrogen-bond acceptors (Lipinski definition) is 6. The first kappa shape index (κ1) is 16.9. The largest absolute Gasteiger partial charge is 0.368 e. The van der Waals surface area contributed by atoms with Crippen LogP contribution in [0.3, 0.4) is 0 Å². The lowest BCUT2D eigenvalue weighted by Gasteiger charge is -2.32. The molecule has 2 heterocycles. The number of anilines is 2. The number of carbonyl (C=O) groups is 1. The highest BCUT2D eigenvalue weighted by atomic mass is 16.1. The fourth-order valence-electron chi connectivity index (χ4n) is 2.46. The van der Waals surface area contributed by atoms with Gasteiger partial charge in [0, 0.05) is 25.1 Å². The monoisotopic (exact) mass is 316 g/mol. The predicted molar refractivity (Wildman–Crippen MR) is 92.0 cm³/mol. The first-order chi connectivity index (χ1) is 10.9. The molecular weight excluding hydrogens is 292 g/mol. The second kappa shape index (κ2) is 7.21. The normalized spacial score (nSPS) is 13.5. The standard InChI is InChI=1S/C16H24N6O/c1-4-5-7-16(3,10-19-11(2)23)22-14-12-6-8-18-9-13(12)20-15(17)21-14/h6,8-9H,4-5,7,10H2,1-3H3,(H,19,23)(H3,17,20,21,22)/t16-/m1/s1. The van der Waals surface area contributed by atoms with E-state index in [0.29, 0.717) is 17.9 Å². The molecule has 0 saturated heterocycles. The maximum Gasteiger partial charge on any atom is 0.222 e. The summed E-state index contributed by atoms with van der Waals surface area (Å²) in [6, 6.07) is 1.86. The number of rotatable bonds is 7. The maximum absolute atomic E-state index is 11.3. The third-order valence-electron chi connectivity index (χ3n) is 3.75. The molecule has 1 atom stereocenters. The van der Waals surface area contributed by atoms with E-state index in [-0.39, 0.29) is 17.4 Å². The minimum Gasteiger partial charge on any atom is -0.368 e. The number of nitrogen functional groups attached to an aromatic ring is 1. The molecule has 4 N–H and O–H groups in total. The predicted octanol–water partition coefficient (Wildman–Crippen LogP) is 2.10. The molecule has 0 aliphatic rings. The van der Waals surface area contributed by atoms with Gasteiger partial charge in [-0.05, 0) is 19.4 Å². The molecule has 7 nitrogen and oxygen atoms in total. The first-order valence-corrected chi connectivity index (χ1v) is 7.83. The van der Waals surface area contributed by atoms with Crippen molar-refractivity contribution in [2.45, 2.75) is 45.6 Å². The molecule has 0 radical (unpaired) electrons. The van der Waals surface area contributed by atoms with Crippen LogP contribution in [0.25, 0.3) is 10.9 Å². The lowest BCUT2D eigenvalue weighted by Crippen LogP contribution is -2.46. The van der Waals surface area contributed by atoms with Gasteiger partial charge in [0.1, 0.15) is 5.82 Å². The summed E-state index contributed by atoms with van der Waals surface area (Å²) in [6.45, 7) is 6.25. The van der Waals surface area contributed by atoms with E-state index in [2.05, 4.69) is 39.4 Å². The van der Waals surface area contributed by atoms with Crippen LogP contribution in [-0.2, 0) is 4.79 Å². The molecule has 0 fully saturated rings. The zero-order chi connectivity index (χ0) is 16.9. The summed E-state index contributed by atoms with van der Waals surface area (Å²) in [5.74, 6) is 0.815. The summed E-state index contributed by atoms with van der Waals surface area (Å²) in [4.78, 5) is 23.9. The Morgan fingerprint density at radius 3 is 2.87 bits per heavy atom. The van der Waals surface area contributed by atoms with Crippen molar-refractivity contribution in [3.63, 3.8) is 0 Å². The van der Waals surface area contributed by atoms with Crippen LogP contribution >= 0.6 is 0 Å². The molecule has 7 heteroatoms. The van der Waals surface area contributed by atoms with Gasteiger partial charge in [-0.3, -0.25) is 9.78 Å². The van der Waals surface area contributed by atoms with Gasteiger partial charge in [-0.25, -0.2) is 4.98 Å². The molecule has 2 aromatic rings. The highest BCUT2D eigenvalue weighted by molar-refractivity contribution is 5.89. The van der Waals surface area contributed by atoms with E-state index in [4.69, 9.17) is 5.73 Å². The van der Waals surface area contributed by atoms with Gasteiger partial charge >= 0.3 is 0 Å². The number of pyridine rings is 1. The number of nitrogens with one attached hydrogen (secondary N) is 2. The highest BCUT2D eigenvalue weighted by Crippen LogP contribution is 2.25. The van der Waals surface area contributed by atoms with Crippen LogP contribution in [0.15, 0.2) is 18.5 Å². The molecular formula is C16H24N6O. The smallest absolute Gasteiger partial charge is 0.222 e. The summed E-state index contributed by atoms with van der Waals surface area (Å²) in [5.41, 5.74) is 6.18. The summed E-state index contributed by atoms with van der Waals surface area (Å²) in [6.07, 6.45) is 6.39. The van der Waals surface area contributed by atoms with E-state index >= 15 is 0 Å². The van der Waals surface area contributed by atoms with E-state index in [1.165, 1.54) is 6.92 Å². The van der Waals surface area contributed by atoms with Gasteiger partial charge in [0.05, 0.1) is 17.3 Å². The summed E-state index contributed by atoms with van der Waals surface area (Å²) < 4.78 is 0. The second-order valence-electron chi connectivity index (χ2n) is 6.02. The number of amides is 1. The van der Waals surface area contributed by atoms with Crippen molar-refractivity contribution in [2.24, 2.45) is 0 Å². The molecule has 0 aliphatic carbocycles. The van der Waals surface area contributed by atoms with Crippen molar-refractivity contribution < 1.29 is 4.79 Å². The molecule has 0 aliphatic heterocycles. The van der Waals surface area contributed by atoms with Crippen molar-refractivity contribution >= 4 is 28.6 Å². The van der Waals surface area contributed by atoms with Gasteiger partial charge in [0.25, 0.3) is 0 Å². The Labute approximate surface area is 136 Å². The zero-order valence-electron chi connectivity index (χ0n) is 13.9. The van der Waals surface area contributed by atoms with Crippen LogP contribution in [0.4, 0.5) is 11.8 Å². The molecule has 0 spiro atoms. The van der Waals surface area contributed by atoms with E-state index < -0.39 is 0 Å². The van der Waals surface area contributed by atoms with Crippen molar-refractivity contribution in [3.05, 3.63) is 18.5 Å². The lowest BCUT2D eigenvalue weighted by molar-refractivity contribution is -0.119. The van der Waals surface area contributed by atoms with E-state index in [1.54, 1.807) is 12.4 Å². The quantitative estimate of drug-likeness (QED) is 0.722. The summed E-state index contributed by atoms with van der Waals surface area (Å²) in [7, 11) is 0. The van der Waals surface area contributed by atoms with Gasteiger partial charge in [-0.1, -0.05) is 19.8 Å². The Balaban J connectivity index is 2.33. The Morgan fingerprint density at radius 2 is 2.17 bits per heavy atom. The topological polar surface area (TPSA) is 106 Å². The molecule has 0 saturated carbocycles. The third-order valence-corrected chi connectivity index (χ3v) is 3.75. The maximum atomic E-state index is 11.3. The number of unbranched alkanes of at least 4 members (excludes halogenated alkanes) is 1. The second-order valence-corrected chi connectivity index (χ2v) is 6.02. The fourth-order valence-corrected chi connectivity index (χ4v) is 2.46. The SMILES string of the molecule is CCCC[C@](C)(CNC(C)=O)Nc1nc(N)nc2cnccc12. The molecule has 0 aromatic carbocycles. The highest BCUT2D eigenvalue weighted by Gasteiger charge is 2.25. The zero-order valence-corrected chi connectivity index (χ0v) is 13.9. The minimum absolute atomic E-state index is 0.0502. The number of hydrogen-bond donors (Lipinski definition) is 3. The number of carbonyl (C=O) groups excluding carboxylic acids is 1. The Morgan fingerprint density at radius 1 is 1.39 bits per heavy atom. The number of aromatic nitrogens is 3. The Kier molecular flexibility index (Phi) is 5.31. The van der Waals surface area contributed by atoms with Gasteiger partial charge in [0.2, 0.25) is 11.9 Å². The van der Waals surface area contributed by atoms with Crippen LogP contribution in [0.1, 0.15) is 40.0 Å². The number of fused-ring (bicyclic) bond motifs is 1. The third kappa shape index (κ3) is 4.51. The lowest BCUT2D eigenvalue weighted by atomic mass is 9.94.